The van der Waals surface area contributed by atoms with Gasteiger partial charge in [-0.05, 0) is 42.4 Å². The molecule has 2 unspecified atom stereocenters. The second-order valence-electron chi connectivity index (χ2n) is 9.75. The van der Waals surface area contributed by atoms with Crippen molar-refractivity contribution in [3.8, 4) is 11.3 Å². The predicted octanol–water partition coefficient (Wildman–Crippen LogP) is 4.01. The maximum absolute atomic E-state index is 12.3. The van der Waals surface area contributed by atoms with E-state index in [0.29, 0.717) is 12.2 Å². The molecule has 1 aliphatic rings. The van der Waals surface area contributed by atoms with Gasteiger partial charge in [0.15, 0.2) is 0 Å². The van der Waals surface area contributed by atoms with E-state index >= 15 is 0 Å². The summed E-state index contributed by atoms with van der Waals surface area (Å²) in [5.41, 5.74) is 10.0. The molecule has 1 aromatic heterocycles. The molecule has 0 bridgehead atoms. The lowest BCUT2D eigenvalue weighted by Crippen LogP contribution is -2.46. The second-order valence-corrected chi connectivity index (χ2v) is 9.75. The Balaban J connectivity index is 1.20. The lowest BCUT2D eigenvalue weighted by Gasteiger charge is -2.35. The highest BCUT2D eigenvalue weighted by atomic mass is 16.2. The van der Waals surface area contributed by atoms with Gasteiger partial charge in [-0.15, -0.1) is 0 Å². The number of aromatic nitrogens is 2. The van der Waals surface area contributed by atoms with Crippen LogP contribution in [0.1, 0.15) is 47.4 Å². The molecule has 0 aliphatic carbocycles. The van der Waals surface area contributed by atoms with Crippen LogP contribution in [0.15, 0.2) is 54.6 Å². The standard InChI is InChI=1S/C27H34N6O2/c1-18-4-10-23(11-5-18)24-13-25(30-29-24)26(34)31-32-27(35)28-14-21-6-8-22(9-7-21)17-33-15-19(2)12-20(3)16-33/h4-11,13,19-20H,12,14-17H2,1-3H3,(H,29,30)(H,31,34)(H2,28,32,35). The van der Waals surface area contributed by atoms with Crippen LogP contribution in [0.3, 0.4) is 0 Å². The van der Waals surface area contributed by atoms with Crippen LogP contribution in [0.2, 0.25) is 0 Å². The Labute approximate surface area is 206 Å². The van der Waals surface area contributed by atoms with E-state index in [1.807, 2.05) is 43.3 Å². The summed E-state index contributed by atoms with van der Waals surface area (Å²) >= 11 is 0. The summed E-state index contributed by atoms with van der Waals surface area (Å²) in [6, 6.07) is 17.3. The number of hydrogen-bond acceptors (Lipinski definition) is 4. The summed E-state index contributed by atoms with van der Waals surface area (Å²) < 4.78 is 0. The molecule has 8 nitrogen and oxygen atoms in total. The van der Waals surface area contributed by atoms with Gasteiger partial charge in [-0.3, -0.25) is 20.2 Å². The molecule has 2 aromatic carbocycles. The second kappa shape index (κ2) is 11.2. The highest BCUT2D eigenvalue weighted by molar-refractivity contribution is 5.94. The highest BCUT2D eigenvalue weighted by Crippen LogP contribution is 2.22. The molecule has 3 aromatic rings. The molecule has 0 spiro atoms. The van der Waals surface area contributed by atoms with E-state index in [1.54, 1.807) is 6.07 Å². The van der Waals surface area contributed by atoms with Crippen LogP contribution in [-0.4, -0.2) is 40.1 Å². The monoisotopic (exact) mass is 474 g/mol. The Bertz CT molecular complexity index is 1130. The molecule has 2 heterocycles. The summed E-state index contributed by atoms with van der Waals surface area (Å²) in [4.78, 5) is 27.0. The van der Waals surface area contributed by atoms with E-state index in [9.17, 15) is 9.59 Å². The van der Waals surface area contributed by atoms with Crippen LogP contribution in [0.25, 0.3) is 11.3 Å². The van der Waals surface area contributed by atoms with E-state index in [0.717, 1.165) is 48.2 Å². The molecule has 3 amide bonds. The molecule has 1 aliphatic heterocycles. The largest absolute Gasteiger partial charge is 0.333 e. The lowest BCUT2D eigenvalue weighted by atomic mass is 9.91. The lowest BCUT2D eigenvalue weighted by molar-refractivity contribution is 0.0931. The predicted molar refractivity (Wildman–Crippen MR) is 136 cm³/mol. The molecule has 4 rings (SSSR count). The van der Waals surface area contributed by atoms with E-state index in [-0.39, 0.29) is 5.69 Å². The first-order valence-corrected chi connectivity index (χ1v) is 12.1. The number of H-pyrrole nitrogens is 1. The molecule has 35 heavy (non-hydrogen) atoms. The zero-order valence-electron chi connectivity index (χ0n) is 20.6. The maximum Gasteiger partial charge on any atom is 0.333 e. The third-order valence-electron chi connectivity index (χ3n) is 6.29. The van der Waals surface area contributed by atoms with Crippen LogP contribution in [-0.2, 0) is 13.1 Å². The first-order chi connectivity index (χ1) is 16.9. The van der Waals surface area contributed by atoms with Gasteiger partial charge in [0.2, 0.25) is 0 Å². The van der Waals surface area contributed by atoms with Crippen molar-refractivity contribution in [2.24, 2.45) is 11.8 Å². The third-order valence-corrected chi connectivity index (χ3v) is 6.29. The van der Waals surface area contributed by atoms with E-state index < -0.39 is 11.9 Å². The molecule has 8 heteroatoms. The number of nitrogens with zero attached hydrogens (tertiary/aromatic N) is 2. The molecule has 2 atom stereocenters. The highest BCUT2D eigenvalue weighted by Gasteiger charge is 2.21. The molecular weight excluding hydrogens is 440 g/mol. The zero-order chi connectivity index (χ0) is 24.8. The van der Waals surface area contributed by atoms with Crippen molar-refractivity contribution in [2.75, 3.05) is 13.1 Å². The number of benzene rings is 2. The Morgan fingerprint density at radius 1 is 0.971 bits per heavy atom. The molecule has 1 saturated heterocycles. The van der Waals surface area contributed by atoms with Gasteiger partial charge in [-0.2, -0.15) is 5.10 Å². The number of carbonyl (C=O) groups excluding carboxylic acids is 2. The number of hydrogen-bond donors (Lipinski definition) is 4. The average molecular weight is 475 g/mol. The first-order valence-electron chi connectivity index (χ1n) is 12.1. The number of aryl methyl sites for hydroxylation is 1. The van der Waals surface area contributed by atoms with Gasteiger partial charge in [0, 0.05) is 31.7 Å². The van der Waals surface area contributed by atoms with Crippen molar-refractivity contribution >= 4 is 11.9 Å². The molecule has 0 saturated carbocycles. The first kappa shape index (κ1) is 24.5. The maximum atomic E-state index is 12.3. The van der Waals surface area contributed by atoms with E-state index in [1.165, 1.54) is 12.0 Å². The number of aromatic amines is 1. The van der Waals surface area contributed by atoms with E-state index in [2.05, 4.69) is 57.2 Å². The Morgan fingerprint density at radius 2 is 1.63 bits per heavy atom. The van der Waals surface area contributed by atoms with Crippen molar-refractivity contribution in [3.05, 3.63) is 77.0 Å². The number of urea groups is 1. The number of carbonyl (C=O) groups is 2. The average Bonchev–Trinajstić information content (AvgIpc) is 3.32. The van der Waals surface area contributed by atoms with Crippen molar-refractivity contribution in [1.82, 2.24) is 31.3 Å². The minimum atomic E-state index is -0.489. The molecule has 184 valence electrons. The normalized spacial score (nSPS) is 18.1. The van der Waals surface area contributed by atoms with Crippen molar-refractivity contribution in [2.45, 2.75) is 40.3 Å². The number of amides is 3. The smallest absolute Gasteiger partial charge is 0.333 e. The summed E-state index contributed by atoms with van der Waals surface area (Å²) in [6.07, 6.45) is 1.31. The number of likely N-dealkylation sites (tertiary alicyclic amines) is 1. The van der Waals surface area contributed by atoms with Gasteiger partial charge in [0.05, 0.1) is 5.69 Å². The topological polar surface area (TPSA) is 102 Å². The number of nitrogens with one attached hydrogen (secondary N) is 4. The summed E-state index contributed by atoms with van der Waals surface area (Å²) in [6.45, 7) is 10.3. The number of rotatable bonds is 6. The van der Waals surface area contributed by atoms with E-state index in [4.69, 9.17) is 0 Å². The Hall–Kier alpha value is -3.65. The molecular formula is C27H34N6O2. The number of piperidine rings is 1. The van der Waals surface area contributed by atoms with Crippen LogP contribution in [0, 0.1) is 18.8 Å². The van der Waals surface area contributed by atoms with Crippen molar-refractivity contribution in [1.29, 1.82) is 0 Å². The van der Waals surface area contributed by atoms with Crippen LogP contribution in [0.4, 0.5) is 4.79 Å². The minimum absolute atomic E-state index is 0.258. The van der Waals surface area contributed by atoms with Gasteiger partial charge < -0.3 is 5.32 Å². The summed E-state index contributed by atoms with van der Waals surface area (Å²) in [7, 11) is 0. The van der Waals surface area contributed by atoms with Gasteiger partial charge in [0.25, 0.3) is 5.91 Å². The SMILES string of the molecule is Cc1ccc(-c2cc(C(=O)NNC(=O)NCc3ccc(CN4CC(C)CC(C)C4)cc3)[nH]n2)cc1. The van der Waals surface area contributed by atoms with Crippen molar-refractivity contribution in [3.63, 3.8) is 0 Å². The third kappa shape index (κ3) is 6.93. The molecule has 1 fully saturated rings. The quantitative estimate of drug-likeness (QED) is 0.406. The summed E-state index contributed by atoms with van der Waals surface area (Å²) in [5.74, 6) is 1.01. The fourth-order valence-electron chi connectivity index (χ4n) is 4.66. The van der Waals surface area contributed by atoms with Crippen LogP contribution >= 0.6 is 0 Å². The Kier molecular flexibility index (Phi) is 7.82. The molecule has 4 N–H and O–H groups in total. The number of hydrazine groups is 1. The van der Waals surface area contributed by atoms with Crippen molar-refractivity contribution < 1.29 is 9.59 Å². The fourth-order valence-corrected chi connectivity index (χ4v) is 4.66. The van der Waals surface area contributed by atoms with Gasteiger partial charge >= 0.3 is 6.03 Å². The minimum Gasteiger partial charge on any atom is -0.333 e. The van der Waals surface area contributed by atoms with Crippen LogP contribution in [0.5, 0.6) is 0 Å². The van der Waals surface area contributed by atoms with Gasteiger partial charge in [-0.1, -0.05) is 67.9 Å². The van der Waals surface area contributed by atoms with Crippen LogP contribution < -0.4 is 16.2 Å². The Morgan fingerprint density at radius 3 is 2.31 bits per heavy atom. The zero-order valence-corrected chi connectivity index (χ0v) is 20.6. The molecule has 0 radical (unpaired) electrons. The summed E-state index contributed by atoms with van der Waals surface area (Å²) in [5, 5.41) is 9.63. The van der Waals surface area contributed by atoms with Gasteiger partial charge in [-0.25, -0.2) is 10.2 Å². The van der Waals surface area contributed by atoms with Gasteiger partial charge in [0.1, 0.15) is 5.69 Å². The fraction of sp³-hybridized carbons (Fsp3) is 0.370.